The highest BCUT2D eigenvalue weighted by atomic mass is 16.5. The first-order chi connectivity index (χ1) is 23.3. The SMILES string of the molecule is C=Nc1c(C(N)=NC)c(-c2ccc(Oc3cccc(C)n3)cc2)c(-c2cnn(C3CCN(C(=O)C(=C)CN4CCOCC4)CC3)c2)n1C. The summed E-state index contributed by atoms with van der Waals surface area (Å²) in [6, 6.07) is 13.6. The first-order valence-corrected chi connectivity index (χ1v) is 16.2. The second-order valence-electron chi connectivity index (χ2n) is 12.2. The number of benzene rings is 1. The largest absolute Gasteiger partial charge is 0.439 e. The van der Waals surface area contributed by atoms with Crippen molar-refractivity contribution >= 4 is 24.3 Å². The predicted octanol–water partition coefficient (Wildman–Crippen LogP) is 4.77. The van der Waals surface area contributed by atoms with Crippen molar-refractivity contribution in [3.8, 4) is 34.0 Å². The standard InChI is InChI=1S/C36H43N9O3/c1-24(22-43-17-19-47-20-18-43)36(46)44-15-13-28(14-16-44)45-23-27(21-40-45)33-31(32(34(37)38-3)35(39-4)42(33)5)26-9-11-29(12-10-26)48-30-8-6-7-25(2)41-30/h6-12,21,23,28H,1,4,13-20,22H2,2-3,5H3,(H2,37,38). The van der Waals surface area contributed by atoms with Crippen molar-refractivity contribution in [1.29, 1.82) is 0 Å². The average molecular weight is 650 g/mol. The van der Waals surface area contributed by atoms with Crippen molar-refractivity contribution in [1.82, 2.24) is 29.1 Å². The van der Waals surface area contributed by atoms with Crippen LogP contribution < -0.4 is 10.5 Å². The Hall–Kier alpha value is -5.07. The molecule has 12 nitrogen and oxygen atoms in total. The second-order valence-corrected chi connectivity index (χ2v) is 12.2. The Bertz CT molecular complexity index is 1830. The third-order valence-electron chi connectivity index (χ3n) is 9.06. The van der Waals surface area contributed by atoms with Crippen LogP contribution in [0.1, 0.15) is 30.1 Å². The number of hydrogen-bond acceptors (Lipinski definition) is 8. The predicted molar refractivity (Wildman–Crippen MR) is 188 cm³/mol. The van der Waals surface area contributed by atoms with E-state index in [4.69, 9.17) is 20.3 Å². The minimum absolute atomic E-state index is 0.0354. The first kappa shape index (κ1) is 32.9. The number of aryl methyl sites for hydroxylation is 1. The van der Waals surface area contributed by atoms with Crippen LogP contribution in [0.15, 0.2) is 77.0 Å². The molecule has 250 valence electrons. The molecule has 4 aromatic rings. The number of hydrogen-bond donors (Lipinski definition) is 1. The van der Waals surface area contributed by atoms with Crippen LogP contribution >= 0.6 is 0 Å². The summed E-state index contributed by atoms with van der Waals surface area (Å²) in [6.45, 7) is 14.8. The van der Waals surface area contributed by atoms with Gasteiger partial charge in [-0.05, 0) is 50.2 Å². The molecule has 0 atom stereocenters. The van der Waals surface area contributed by atoms with E-state index in [0.29, 0.717) is 67.3 Å². The lowest BCUT2D eigenvalue weighted by atomic mass is 9.98. The number of aromatic nitrogens is 4. The van der Waals surface area contributed by atoms with E-state index in [9.17, 15) is 4.79 Å². The van der Waals surface area contributed by atoms with E-state index in [1.165, 1.54) is 0 Å². The average Bonchev–Trinajstić information content (AvgIpc) is 3.70. The summed E-state index contributed by atoms with van der Waals surface area (Å²) in [5.74, 6) is 2.21. The third kappa shape index (κ3) is 6.80. The van der Waals surface area contributed by atoms with Gasteiger partial charge in [0.2, 0.25) is 11.8 Å². The van der Waals surface area contributed by atoms with Gasteiger partial charge < -0.3 is 24.7 Å². The highest BCUT2D eigenvalue weighted by Crippen LogP contribution is 2.43. The number of likely N-dealkylation sites (tertiary alicyclic amines) is 1. The fraction of sp³-hybridized carbons (Fsp3) is 0.361. The smallest absolute Gasteiger partial charge is 0.250 e. The van der Waals surface area contributed by atoms with Gasteiger partial charge in [0.05, 0.1) is 36.7 Å². The zero-order valence-corrected chi connectivity index (χ0v) is 27.9. The maximum absolute atomic E-state index is 13.2. The molecular weight excluding hydrogens is 606 g/mol. The molecule has 0 spiro atoms. The number of aliphatic imine (C=N–C) groups is 2. The summed E-state index contributed by atoms with van der Waals surface area (Å²) in [5, 5.41) is 4.80. The Kier molecular flexibility index (Phi) is 9.83. The Morgan fingerprint density at radius 1 is 1.08 bits per heavy atom. The number of piperidine rings is 1. The van der Waals surface area contributed by atoms with E-state index in [0.717, 1.165) is 54.0 Å². The molecule has 1 aromatic carbocycles. The lowest BCUT2D eigenvalue weighted by molar-refractivity contribution is -0.128. The number of carbonyl (C=O) groups is 1. The van der Waals surface area contributed by atoms with Crippen LogP contribution in [0, 0.1) is 6.92 Å². The van der Waals surface area contributed by atoms with Crippen LogP contribution in [0.4, 0.5) is 5.82 Å². The van der Waals surface area contributed by atoms with Crippen LogP contribution in [0.3, 0.4) is 0 Å². The van der Waals surface area contributed by atoms with Crippen molar-refractivity contribution < 1.29 is 14.3 Å². The van der Waals surface area contributed by atoms with Gasteiger partial charge in [0.1, 0.15) is 17.4 Å². The van der Waals surface area contributed by atoms with Crippen molar-refractivity contribution in [3.63, 3.8) is 0 Å². The molecule has 2 aliphatic heterocycles. The summed E-state index contributed by atoms with van der Waals surface area (Å²) in [5.41, 5.74) is 12.3. The number of amidine groups is 1. The maximum atomic E-state index is 13.2. The number of amides is 1. The molecule has 1 amide bonds. The topological polar surface area (TPSA) is 128 Å². The molecule has 5 heterocycles. The first-order valence-electron chi connectivity index (χ1n) is 16.2. The summed E-state index contributed by atoms with van der Waals surface area (Å²) in [6.07, 6.45) is 5.54. The van der Waals surface area contributed by atoms with E-state index in [1.54, 1.807) is 7.05 Å². The molecule has 2 saturated heterocycles. The molecule has 2 N–H and O–H groups in total. The normalized spacial score (nSPS) is 16.2. The monoisotopic (exact) mass is 649 g/mol. The van der Waals surface area contributed by atoms with E-state index in [-0.39, 0.29) is 11.9 Å². The van der Waals surface area contributed by atoms with Crippen LogP contribution in [0.5, 0.6) is 11.6 Å². The second kappa shape index (κ2) is 14.4. The van der Waals surface area contributed by atoms with E-state index in [2.05, 4.69) is 39.4 Å². The van der Waals surface area contributed by atoms with Gasteiger partial charge in [0.25, 0.3) is 0 Å². The molecule has 6 rings (SSSR count). The zero-order valence-electron chi connectivity index (χ0n) is 27.9. The van der Waals surface area contributed by atoms with Crippen molar-refractivity contribution in [2.75, 3.05) is 53.0 Å². The number of rotatable bonds is 10. The Morgan fingerprint density at radius 3 is 2.48 bits per heavy atom. The highest BCUT2D eigenvalue weighted by molar-refractivity contribution is 6.11. The Balaban J connectivity index is 1.23. The number of nitrogens with two attached hydrogens (primary N) is 1. The highest BCUT2D eigenvalue weighted by Gasteiger charge is 2.29. The van der Waals surface area contributed by atoms with Gasteiger partial charge in [-0.1, -0.05) is 24.8 Å². The third-order valence-corrected chi connectivity index (χ3v) is 9.06. The van der Waals surface area contributed by atoms with Crippen LogP contribution in [0.2, 0.25) is 0 Å². The fourth-order valence-electron chi connectivity index (χ4n) is 6.53. The quantitative estimate of drug-likeness (QED) is 0.149. The van der Waals surface area contributed by atoms with Crippen LogP contribution in [0.25, 0.3) is 22.4 Å². The fourth-order valence-corrected chi connectivity index (χ4v) is 6.53. The molecule has 12 heteroatoms. The molecule has 0 aliphatic carbocycles. The molecule has 0 bridgehead atoms. The molecule has 0 unspecified atom stereocenters. The van der Waals surface area contributed by atoms with Crippen LogP contribution in [-0.4, -0.2) is 101 Å². The zero-order chi connectivity index (χ0) is 33.8. The molecule has 48 heavy (non-hydrogen) atoms. The summed E-state index contributed by atoms with van der Waals surface area (Å²) in [7, 11) is 3.61. The molecule has 0 saturated carbocycles. The van der Waals surface area contributed by atoms with Gasteiger partial charge in [0, 0.05) is 81.5 Å². The van der Waals surface area contributed by atoms with E-state index >= 15 is 0 Å². The summed E-state index contributed by atoms with van der Waals surface area (Å²) in [4.78, 5) is 30.5. The minimum atomic E-state index is 0.0354. The minimum Gasteiger partial charge on any atom is -0.439 e. The van der Waals surface area contributed by atoms with Gasteiger partial charge >= 0.3 is 0 Å². The van der Waals surface area contributed by atoms with Gasteiger partial charge in [-0.2, -0.15) is 5.10 Å². The molecule has 0 radical (unpaired) electrons. The number of carbonyl (C=O) groups excluding carboxylic acids is 1. The van der Waals surface area contributed by atoms with Crippen molar-refractivity contribution in [2.45, 2.75) is 25.8 Å². The molecule has 3 aromatic heterocycles. The number of morpholine rings is 1. The maximum Gasteiger partial charge on any atom is 0.250 e. The Morgan fingerprint density at radius 2 is 1.81 bits per heavy atom. The van der Waals surface area contributed by atoms with Crippen LogP contribution in [-0.2, 0) is 16.6 Å². The lowest BCUT2D eigenvalue weighted by Crippen LogP contribution is -2.43. The summed E-state index contributed by atoms with van der Waals surface area (Å²) < 4.78 is 15.4. The van der Waals surface area contributed by atoms with Crippen molar-refractivity contribution in [3.05, 3.63) is 78.3 Å². The van der Waals surface area contributed by atoms with E-state index in [1.807, 2.05) is 76.8 Å². The van der Waals surface area contributed by atoms with Gasteiger partial charge in [0.15, 0.2) is 0 Å². The van der Waals surface area contributed by atoms with Crippen molar-refractivity contribution in [2.24, 2.45) is 22.8 Å². The van der Waals surface area contributed by atoms with Gasteiger partial charge in [-0.15, -0.1) is 0 Å². The summed E-state index contributed by atoms with van der Waals surface area (Å²) >= 11 is 0. The Labute approximate surface area is 281 Å². The lowest BCUT2D eigenvalue weighted by Gasteiger charge is -2.34. The molecule has 2 aliphatic rings. The van der Waals surface area contributed by atoms with E-state index < -0.39 is 0 Å². The number of pyridine rings is 1. The van der Waals surface area contributed by atoms with Gasteiger partial charge in [-0.3, -0.25) is 19.4 Å². The molecular formula is C36H43N9O3. The molecule has 2 fully saturated rings. The number of nitrogens with zero attached hydrogens (tertiary/aromatic N) is 8. The van der Waals surface area contributed by atoms with Gasteiger partial charge in [-0.25, -0.2) is 9.98 Å². The number of ether oxygens (including phenoxy) is 2.